The monoisotopic (exact) mass is 229 g/mol. The van der Waals surface area contributed by atoms with Crippen molar-refractivity contribution >= 4 is 12.6 Å². The highest BCUT2D eigenvalue weighted by atomic mass is 16.1. The van der Waals surface area contributed by atoms with Crippen LogP contribution >= 0.6 is 0 Å². The molecule has 0 aliphatic rings. The van der Waals surface area contributed by atoms with Gasteiger partial charge in [0.25, 0.3) is 0 Å². The average Bonchev–Trinajstić information content (AvgIpc) is 2.40. The topological polar surface area (TPSA) is 72.8 Å². The number of hydrogen-bond acceptors (Lipinski definition) is 5. The summed E-state index contributed by atoms with van der Waals surface area (Å²) in [4.78, 5) is 31.1. The second-order valence-corrected chi connectivity index (χ2v) is 3.05. The summed E-state index contributed by atoms with van der Waals surface area (Å²) in [6, 6.07) is 7.01. The SMILES string of the molecule is Cc1cccc(C=O)n1.O=Cc1ncccn1. The third-order valence-corrected chi connectivity index (χ3v) is 1.72. The summed E-state index contributed by atoms with van der Waals surface area (Å²) in [7, 11) is 0. The molecule has 0 saturated heterocycles. The largest absolute Gasteiger partial charge is 0.296 e. The Hall–Kier alpha value is -2.43. The highest BCUT2D eigenvalue weighted by Crippen LogP contribution is 1.93. The Kier molecular flexibility index (Phi) is 5.16. The highest BCUT2D eigenvalue weighted by molar-refractivity contribution is 5.71. The van der Waals surface area contributed by atoms with Gasteiger partial charge >= 0.3 is 0 Å². The Morgan fingerprint density at radius 1 is 1.00 bits per heavy atom. The lowest BCUT2D eigenvalue weighted by Crippen LogP contribution is -1.87. The lowest BCUT2D eigenvalue weighted by molar-refractivity contribution is 0.110. The van der Waals surface area contributed by atoms with Gasteiger partial charge in [0, 0.05) is 18.1 Å². The number of aryl methyl sites for hydroxylation is 1. The van der Waals surface area contributed by atoms with Gasteiger partial charge in [0.1, 0.15) is 5.69 Å². The Balaban J connectivity index is 0.000000171. The van der Waals surface area contributed by atoms with Crippen LogP contribution in [-0.2, 0) is 0 Å². The molecule has 86 valence electrons. The van der Waals surface area contributed by atoms with Gasteiger partial charge in [-0.05, 0) is 25.1 Å². The average molecular weight is 229 g/mol. The Labute approximate surface area is 98.6 Å². The van der Waals surface area contributed by atoms with Crippen LogP contribution in [0.4, 0.5) is 0 Å². The van der Waals surface area contributed by atoms with Crippen molar-refractivity contribution in [1.29, 1.82) is 0 Å². The normalized spacial score (nSPS) is 8.76. The molecular formula is C12H11N3O2. The summed E-state index contributed by atoms with van der Waals surface area (Å²) in [6.07, 6.45) is 4.40. The molecular weight excluding hydrogens is 218 g/mol. The maximum absolute atomic E-state index is 10.1. The van der Waals surface area contributed by atoms with Crippen LogP contribution in [0.15, 0.2) is 36.7 Å². The van der Waals surface area contributed by atoms with Crippen LogP contribution in [0.1, 0.15) is 26.8 Å². The van der Waals surface area contributed by atoms with Crippen LogP contribution in [0.2, 0.25) is 0 Å². The van der Waals surface area contributed by atoms with Gasteiger partial charge in [-0.2, -0.15) is 0 Å². The van der Waals surface area contributed by atoms with E-state index in [1.807, 2.05) is 19.1 Å². The van der Waals surface area contributed by atoms with Crippen molar-refractivity contribution in [3.63, 3.8) is 0 Å². The number of carbonyl (C=O) groups is 2. The lowest BCUT2D eigenvalue weighted by atomic mass is 10.3. The van der Waals surface area contributed by atoms with Crippen LogP contribution < -0.4 is 0 Å². The molecule has 0 N–H and O–H groups in total. The number of rotatable bonds is 2. The fraction of sp³-hybridized carbons (Fsp3) is 0.0833. The molecule has 2 aromatic heterocycles. The summed E-state index contributed by atoms with van der Waals surface area (Å²) < 4.78 is 0. The summed E-state index contributed by atoms with van der Waals surface area (Å²) in [5.41, 5.74) is 1.37. The maximum Gasteiger partial charge on any atom is 0.192 e. The number of pyridine rings is 1. The number of aromatic nitrogens is 3. The molecule has 5 heteroatoms. The van der Waals surface area contributed by atoms with Gasteiger partial charge in [-0.25, -0.2) is 9.97 Å². The van der Waals surface area contributed by atoms with E-state index in [2.05, 4.69) is 15.0 Å². The Morgan fingerprint density at radius 3 is 2.12 bits per heavy atom. The van der Waals surface area contributed by atoms with Gasteiger partial charge in [-0.1, -0.05) is 6.07 Å². The highest BCUT2D eigenvalue weighted by Gasteiger charge is 1.87. The van der Waals surface area contributed by atoms with E-state index in [1.165, 1.54) is 12.4 Å². The van der Waals surface area contributed by atoms with Crippen LogP contribution in [0.25, 0.3) is 0 Å². The van der Waals surface area contributed by atoms with Crippen molar-refractivity contribution in [2.24, 2.45) is 0 Å². The zero-order chi connectivity index (χ0) is 12.5. The van der Waals surface area contributed by atoms with Crippen LogP contribution in [0, 0.1) is 6.92 Å². The molecule has 0 bridgehead atoms. The fourth-order valence-corrected chi connectivity index (χ4v) is 1.00. The summed E-state index contributed by atoms with van der Waals surface area (Å²) >= 11 is 0. The molecule has 0 aliphatic heterocycles. The van der Waals surface area contributed by atoms with E-state index in [0.29, 0.717) is 12.0 Å². The van der Waals surface area contributed by atoms with Gasteiger partial charge in [0.05, 0.1) is 0 Å². The molecule has 5 nitrogen and oxygen atoms in total. The van der Waals surface area contributed by atoms with Crippen LogP contribution in [-0.4, -0.2) is 27.5 Å². The first-order valence-electron chi connectivity index (χ1n) is 4.87. The smallest absolute Gasteiger partial charge is 0.192 e. The van der Waals surface area contributed by atoms with E-state index >= 15 is 0 Å². The van der Waals surface area contributed by atoms with Crippen molar-refractivity contribution in [2.75, 3.05) is 0 Å². The third-order valence-electron chi connectivity index (χ3n) is 1.72. The molecule has 2 rings (SSSR count). The Bertz CT molecular complexity index is 486. The molecule has 0 unspecified atom stereocenters. The zero-order valence-corrected chi connectivity index (χ0v) is 9.28. The van der Waals surface area contributed by atoms with Crippen molar-refractivity contribution in [1.82, 2.24) is 15.0 Å². The standard InChI is InChI=1S/C7H7NO.C5H4N2O/c1-6-3-2-4-7(5-9)8-6;8-4-5-6-2-1-3-7-5/h2-5H,1H3;1-4H. The molecule has 0 radical (unpaired) electrons. The second-order valence-electron chi connectivity index (χ2n) is 3.05. The minimum Gasteiger partial charge on any atom is -0.296 e. The number of aldehydes is 2. The van der Waals surface area contributed by atoms with Crippen molar-refractivity contribution in [2.45, 2.75) is 6.92 Å². The molecule has 0 aromatic carbocycles. The predicted molar refractivity (Wildman–Crippen MR) is 61.8 cm³/mol. The summed E-state index contributed by atoms with van der Waals surface area (Å²) in [5, 5.41) is 0. The first-order valence-corrected chi connectivity index (χ1v) is 4.87. The molecule has 2 aromatic rings. The number of nitrogens with zero attached hydrogens (tertiary/aromatic N) is 3. The maximum atomic E-state index is 10.1. The first-order chi connectivity index (χ1) is 8.26. The van der Waals surface area contributed by atoms with Crippen molar-refractivity contribution in [3.05, 3.63) is 53.9 Å². The molecule has 0 fully saturated rings. The lowest BCUT2D eigenvalue weighted by Gasteiger charge is -1.89. The van der Waals surface area contributed by atoms with E-state index in [4.69, 9.17) is 0 Å². The van der Waals surface area contributed by atoms with E-state index in [-0.39, 0.29) is 5.82 Å². The zero-order valence-electron chi connectivity index (χ0n) is 9.28. The number of hydrogen-bond donors (Lipinski definition) is 0. The van der Waals surface area contributed by atoms with Crippen molar-refractivity contribution < 1.29 is 9.59 Å². The first kappa shape index (κ1) is 12.6. The van der Waals surface area contributed by atoms with Crippen molar-refractivity contribution in [3.8, 4) is 0 Å². The quantitative estimate of drug-likeness (QED) is 0.729. The summed E-state index contributed by atoms with van der Waals surface area (Å²) in [5.74, 6) is 0.229. The van der Waals surface area contributed by atoms with E-state index in [0.717, 1.165) is 12.0 Å². The predicted octanol–water partition coefficient (Wildman–Crippen LogP) is 1.49. The Morgan fingerprint density at radius 2 is 1.71 bits per heavy atom. The van der Waals surface area contributed by atoms with Gasteiger partial charge in [0.2, 0.25) is 0 Å². The van der Waals surface area contributed by atoms with E-state index < -0.39 is 0 Å². The molecule has 0 amide bonds. The molecule has 2 heterocycles. The molecule has 17 heavy (non-hydrogen) atoms. The van der Waals surface area contributed by atoms with E-state index in [1.54, 1.807) is 12.1 Å². The molecule has 0 aliphatic carbocycles. The van der Waals surface area contributed by atoms with Crippen LogP contribution in [0.5, 0.6) is 0 Å². The fourth-order valence-electron chi connectivity index (χ4n) is 1.00. The van der Waals surface area contributed by atoms with E-state index in [9.17, 15) is 9.59 Å². The number of carbonyl (C=O) groups excluding carboxylic acids is 2. The summed E-state index contributed by atoms with van der Waals surface area (Å²) in [6.45, 7) is 1.85. The van der Waals surface area contributed by atoms with Gasteiger partial charge in [-0.15, -0.1) is 0 Å². The minimum atomic E-state index is 0.229. The second kappa shape index (κ2) is 6.95. The molecule has 0 spiro atoms. The minimum absolute atomic E-state index is 0.229. The molecule has 0 atom stereocenters. The van der Waals surface area contributed by atoms with Gasteiger partial charge < -0.3 is 0 Å². The van der Waals surface area contributed by atoms with Crippen LogP contribution in [0.3, 0.4) is 0 Å². The third kappa shape index (κ3) is 4.74. The van der Waals surface area contributed by atoms with Gasteiger partial charge in [0.15, 0.2) is 18.4 Å². The van der Waals surface area contributed by atoms with Gasteiger partial charge in [-0.3, -0.25) is 14.6 Å². The molecule has 0 saturated carbocycles.